The fourth-order valence-electron chi connectivity index (χ4n) is 18.3. The van der Waals surface area contributed by atoms with Crippen molar-refractivity contribution in [2.45, 2.75) is 320 Å². The van der Waals surface area contributed by atoms with E-state index in [0.29, 0.717) is 77.0 Å². The SMILES string of the molecule is C=C1CC2CCC34CC5OC6C(OC7CCC(CC(=O)OC8C(CC9OC(CCC1O2)CC(C)C9=C)OC1CC2OC9(CC2OC1C8C)CC1OC2(CC(C)C8OC(C(O)CCC(O)CO)CC8O2)CC(C)C1O9)OC7C6O3)C5O4. The zero-order valence-electron chi connectivity index (χ0n) is 47.2. The summed E-state index contributed by atoms with van der Waals surface area (Å²) in [6.45, 7) is 17.5. The van der Waals surface area contributed by atoms with Crippen LogP contribution in [0.25, 0.3) is 0 Å². The van der Waals surface area contributed by atoms with E-state index in [1.54, 1.807) is 0 Å². The molecule has 32 unspecified atom stereocenters. The monoisotopic (exact) mass is 1120 g/mol. The predicted octanol–water partition coefficient (Wildman–Crippen LogP) is 5.32. The number of hydrogen-bond acceptors (Lipinski definition) is 19. The number of fused-ring (bicyclic) bond motifs is 10. The van der Waals surface area contributed by atoms with Crippen LogP contribution >= 0.6 is 0 Å². The van der Waals surface area contributed by atoms with Gasteiger partial charge in [0.15, 0.2) is 17.4 Å². The van der Waals surface area contributed by atoms with E-state index in [-0.39, 0.29) is 146 Å². The number of carbonyl (C=O) groups excluding carboxylic acids is 1. The first kappa shape index (κ1) is 54.9. The second kappa shape index (κ2) is 20.7. The maximum absolute atomic E-state index is 14.6. The average Bonchev–Trinajstić information content (AvgIpc) is 4.34. The maximum atomic E-state index is 14.6. The molecule has 19 nitrogen and oxygen atoms in total. The van der Waals surface area contributed by atoms with Crippen molar-refractivity contribution in [3.05, 3.63) is 24.3 Å². The topological polar surface area (TPSA) is 216 Å². The minimum Gasteiger partial charge on any atom is -0.459 e. The minimum atomic E-state index is -0.919. The third-order valence-electron chi connectivity index (χ3n) is 22.2. The van der Waals surface area contributed by atoms with Gasteiger partial charge in [0.05, 0.1) is 129 Å². The van der Waals surface area contributed by atoms with Crippen LogP contribution in [0.5, 0.6) is 0 Å². The van der Waals surface area contributed by atoms with Gasteiger partial charge in [0.25, 0.3) is 0 Å². The molecule has 0 aliphatic carbocycles. The fraction of sp³-hybridized carbons (Fsp3) is 0.918. The van der Waals surface area contributed by atoms with Crippen LogP contribution < -0.4 is 0 Å². The molecule has 3 spiro atoms. The molecule has 80 heavy (non-hydrogen) atoms. The van der Waals surface area contributed by atoms with Gasteiger partial charge < -0.3 is 86.4 Å². The molecule has 16 aliphatic rings. The Morgan fingerprint density at radius 3 is 2.02 bits per heavy atom. The number of hydrogen-bond donors (Lipinski definition) is 3. The van der Waals surface area contributed by atoms with Gasteiger partial charge in [0.1, 0.15) is 36.6 Å². The molecule has 12 bridgehead atoms. The normalized spacial score (nSPS) is 56.6. The summed E-state index contributed by atoms with van der Waals surface area (Å²) < 4.78 is 104. The second-order valence-electron chi connectivity index (χ2n) is 27.9. The van der Waals surface area contributed by atoms with Crippen LogP contribution in [-0.4, -0.2) is 198 Å². The van der Waals surface area contributed by atoms with E-state index in [4.69, 9.17) is 71.1 Å². The standard InChI is InChI=1S/C61H88O19/c1-27-15-34-8-11-38-28(2)16-36(66-38)13-14-59-24-47-55(79-59)56-57(73-47)58(80-59)54-39(70-56)12-9-35(68-54)17-49(65)74-53-32(6)52-44(69-43(53)18-40(67-34)31(27)5)20-42-46(72-52)23-61(75-42)25-48-51(78-61)30(4)22-60(77-48)21-29(3)50-45(76-60)19-41(71-50)37(64)10-7-33(63)26-62/h27,29-30,32-48,50-58,62-64H,2,5,7-26H2,1,3-4,6H3. The molecule has 0 radical (unpaired) electrons. The smallest absolute Gasteiger partial charge is 0.308 e. The Kier molecular flexibility index (Phi) is 14.2. The van der Waals surface area contributed by atoms with Crippen LogP contribution in [0, 0.1) is 23.7 Å². The highest BCUT2D eigenvalue weighted by Gasteiger charge is 2.70. The summed E-state index contributed by atoms with van der Waals surface area (Å²) in [5.41, 5.74) is 2.15. The number of aliphatic hydroxyl groups excluding tert-OH is 3. The summed E-state index contributed by atoms with van der Waals surface area (Å²) in [5.74, 6) is -2.71. The van der Waals surface area contributed by atoms with Crippen LogP contribution in [0.3, 0.4) is 0 Å². The number of rotatable bonds is 5. The molecule has 446 valence electrons. The summed E-state index contributed by atoms with van der Waals surface area (Å²) in [5, 5.41) is 30.3. The van der Waals surface area contributed by atoms with E-state index in [9.17, 15) is 20.1 Å². The van der Waals surface area contributed by atoms with Crippen LogP contribution in [0.2, 0.25) is 0 Å². The van der Waals surface area contributed by atoms with Gasteiger partial charge in [-0.25, -0.2) is 0 Å². The molecule has 0 saturated carbocycles. The van der Waals surface area contributed by atoms with Crippen molar-refractivity contribution in [1.82, 2.24) is 0 Å². The molecule has 16 aliphatic heterocycles. The molecule has 16 saturated heterocycles. The third kappa shape index (κ3) is 9.59. The van der Waals surface area contributed by atoms with Crippen molar-refractivity contribution in [1.29, 1.82) is 0 Å². The van der Waals surface area contributed by atoms with Gasteiger partial charge in [-0.1, -0.05) is 40.9 Å². The van der Waals surface area contributed by atoms with Crippen molar-refractivity contribution >= 4 is 5.97 Å². The quantitative estimate of drug-likeness (QED) is 0.235. The Hall–Kier alpha value is -1.73. The zero-order chi connectivity index (χ0) is 54.7. The first-order valence-electron chi connectivity index (χ1n) is 31.3. The number of carbonyl (C=O) groups is 1. The third-order valence-corrected chi connectivity index (χ3v) is 22.2. The lowest BCUT2D eigenvalue weighted by Crippen LogP contribution is -2.62. The van der Waals surface area contributed by atoms with Crippen molar-refractivity contribution < 1.29 is 91.2 Å². The maximum Gasteiger partial charge on any atom is 0.308 e. The molecule has 3 N–H and O–H groups in total. The zero-order valence-corrected chi connectivity index (χ0v) is 47.2. The Morgan fingerprint density at radius 2 is 1.18 bits per heavy atom. The molecule has 32 atom stereocenters. The first-order valence-corrected chi connectivity index (χ1v) is 31.3. The summed E-state index contributed by atoms with van der Waals surface area (Å²) in [4.78, 5) is 14.6. The van der Waals surface area contributed by atoms with Gasteiger partial charge >= 0.3 is 5.97 Å². The lowest BCUT2D eigenvalue weighted by molar-refractivity contribution is -0.347. The molecule has 0 aromatic heterocycles. The van der Waals surface area contributed by atoms with Crippen LogP contribution in [0.4, 0.5) is 0 Å². The van der Waals surface area contributed by atoms with Gasteiger partial charge in [-0.3, -0.25) is 4.79 Å². The van der Waals surface area contributed by atoms with Crippen LogP contribution in [0.1, 0.15) is 150 Å². The Morgan fingerprint density at radius 1 is 0.500 bits per heavy atom. The van der Waals surface area contributed by atoms with Gasteiger partial charge in [0, 0.05) is 63.7 Å². The van der Waals surface area contributed by atoms with E-state index in [2.05, 4.69) is 40.9 Å². The van der Waals surface area contributed by atoms with Crippen LogP contribution in [-0.2, 0) is 75.8 Å². The Balaban J connectivity index is 0.649. The molecule has 0 aromatic carbocycles. The number of ether oxygens (including phenoxy) is 15. The molecule has 16 heterocycles. The summed E-state index contributed by atoms with van der Waals surface area (Å²) in [7, 11) is 0. The number of esters is 1. The molecule has 19 heteroatoms. The van der Waals surface area contributed by atoms with E-state index in [1.807, 2.05) is 0 Å². The van der Waals surface area contributed by atoms with E-state index in [0.717, 1.165) is 49.7 Å². The predicted molar refractivity (Wildman–Crippen MR) is 278 cm³/mol. The van der Waals surface area contributed by atoms with E-state index >= 15 is 0 Å². The number of aliphatic hydroxyl groups is 3. The van der Waals surface area contributed by atoms with Gasteiger partial charge in [-0.2, -0.15) is 0 Å². The summed E-state index contributed by atoms with van der Waals surface area (Å²) in [6.07, 6.45) is 3.36. The van der Waals surface area contributed by atoms with Crippen molar-refractivity contribution in [3.8, 4) is 0 Å². The lowest BCUT2D eigenvalue weighted by atomic mass is 9.79. The Labute approximate surface area is 469 Å². The summed E-state index contributed by atoms with van der Waals surface area (Å²) >= 11 is 0. The second-order valence-corrected chi connectivity index (χ2v) is 27.9. The molecule has 0 aromatic rings. The van der Waals surface area contributed by atoms with Gasteiger partial charge in [0.2, 0.25) is 0 Å². The van der Waals surface area contributed by atoms with Crippen molar-refractivity contribution in [2.75, 3.05) is 6.61 Å². The fourth-order valence-corrected chi connectivity index (χ4v) is 18.3. The molecule has 16 fully saturated rings. The highest BCUT2D eigenvalue weighted by molar-refractivity contribution is 5.70. The van der Waals surface area contributed by atoms with E-state index in [1.165, 1.54) is 0 Å². The Bertz CT molecular complexity index is 2360. The highest BCUT2D eigenvalue weighted by Crippen LogP contribution is 2.58. The molecular weight excluding hydrogens is 1040 g/mol. The molecule has 16 rings (SSSR count). The lowest BCUT2D eigenvalue weighted by Gasteiger charge is -2.50. The van der Waals surface area contributed by atoms with E-state index < -0.39 is 66.2 Å². The first-order chi connectivity index (χ1) is 38.5. The van der Waals surface area contributed by atoms with Crippen LogP contribution in [0.15, 0.2) is 24.3 Å². The largest absolute Gasteiger partial charge is 0.459 e. The minimum absolute atomic E-state index is 0.0148. The van der Waals surface area contributed by atoms with Crippen molar-refractivity contribution in [3.63, 3.8) is 0 Å². The van der Waals surface area contributed by atoms with Gasteiger partial charge in [-0.05, 0) is 86.7 Å². The van der Waals surface area contributed by atoms with Crippen molar-refractivity contribution in [2.24, 2.45) is 23.7 Å². The summed E-state index contributed by atoms with van der Waals surface area (Å²) in [6, 6.07) is 0. The van der Waals surface area contributed by atoms with Gasteiger partial charge in [-0.15, -0.1) is 0 Å². The average molecular weight is 1130 g/mol. The molecular formula is C61H88O19. The highest BCUT2D eigenvalue weighted by atomic mass is 16.8. The molecule has 0 amide bonds.